The second kappa shape index (κ2) is 9.82. The van der Waals surface area contributed by atoms with Crippen molar-refractivity contribution < 1.29 is 13.2 Å². The molecule has 1 aromatic rings. The molecule has 1 fully saturated rings. The number of hydrogen-bond donors (Lipinski definition) is 0. The first-order valence-corrected chi connectivity index (χ1v) is 11.5. The normalized spacial score (nSPS) is 16.6. The van der Waals surface area contributed by atoms with Gasteiger partial charge < -0.3 is 4.90 Å². The van der Waals surface area contributed by atoms with Gasteiger partial charge in [0.1, 0.15) is 0 Å². The Morgan fingerprint density at radius 3 is 2.12 bits per heavy atom. The van der Waals surface area contributed by atoms with E-state index < -0.39 is 9.84 Å². The summed E-state index contributed by atoms with van der Waals surface area (Å²) in [7, 11) is -3.26. The highest BCUT2D eigenvalue weighted by Crippen LogP contribution is 2.16. The lowest BCUT2D eigenvalue weighted by Gasteiger charge is -2.35. The van der Waals surface area contributed by atoms with Gasteiger partial charge in [-0.3, -0.25) is 14.6 Å². The second-order valence-electron chi connectivity index (χ2n) is 6.46. The summed E-state index contributed by atoms with van der Waals surface area (Å²) in [6, 6.07) is 6.77. The molecule has 0 spiro atoms. The molecule has 0 aliphatic carbocycles. The van der Waals surface area contributed by atoms with E-state index in [9.17, 15) is 13.2 Å². The van der Waals surface area contributed by atoms with Gasteiger partial charge in [0.05, 0.1) is 17.2 Å². The molecule has 0 unspecified atom stereocenters. The number of piperazine rings is 1. The average Bonchev–Trinajstić information content (AvgIpc) is 2.62. The Hall–Kier alpha value is -0.960. The van der Waals surface area contributed by atoms with Crippen molar-refractivity contribution >= 4 is 31.7 Å². The molecule has 0 atom stereocenters. The van der Waals surface area contributed by atoms with E-state index >= 15 is 0 Å². The number of carbonyl (C=O) groups is 1. The largest absolute Gasteiger partial charge is 0.342 e. The van der Waals surface area contributed by atoms with Gasteiger partial charge in [0.25, 0.3) is 0 Å². The van der Waals surface area contributed by atoms with Crippen LogP contribution in [0.2, 0.25) is 0 Å². The van der Waals surface area contributed by atoms with Crippen LogP contribution in [0.3, 0.4) is 0 Å². The van der Waals surface area contributed by atoms with E-state index in [0.717, 1.165) is 43.7 Å². The van der Waals surface area contributed by atoms with Crippen molar-refractivity contribution in [3.05, 3.63) is 28.7 Å². The molecule has 6 nitrogen and oxygen atoms in total. The number of nitrogens with zero attached hydrogens (tertiary/aromatic N) is 3. The van der Waals surface area contributed by atoms with E-state index in [1.54, 1.807) is 24.3 Å². The van der Waals surface area contributed by atoms with Crippen LogP contribution in [0.1, 0.15) is 13.8 Å². The maximum Gasteiger partial charge on any atom is 0.236 e. The Morgan fingerprint density at radius 2 is 1.58 bits per heavy atom. The number of sulfone groups is 1. The highest BCUT2D eigenvalue weighted by atomic mass is 79.9. The lowest BCUT2D eigenvalue weighted by molar-refractivity contribution is -0.132. The SMILES string of the molecule is CCN(CC)C(=O)CN1CCN(CCS(=O)(=O)c2ccc(Br)cc2)CC1. The Bertz CT molecular complexity index is 682. The summed E-state index contributed by atoms with van der Waals surface area (Å²) in [5, 5.41) is 0. The highest BCUT2D eigenvalue weighted by molar-refractivity contribution is 9.10. The zero-order chi connectivity index (χ0) is 19.2. The van der Waals surface area contributed by atoms with Gasteiger partial charge in [-0.15, -0.1) is 0 Å². The fourth-order valence-electron chi connectivity index (χ4n) is 3.05. The van der Waals surface area contributed by atoms with E-state index in [2.05, 4.69) is 25.7 Å². The predicted molar refractivity (Wildman–Crippen MR) is 107 cm³/mol. The minimum absolute atomic E-state index is 0.118. The van der Waals surface area contributed by atoms with Crippen LogP contribution < -0.4 is 0 Å². The maximum atomic E-state index is 12.4. The number of rotatable bonds is 8. The minimum Gasteiger partial charge on any atom is -0.342 e. The molecule has 1 aliphatic rings. The van der Waals surface area contributed by atoms with Crippen LogP contribution in [-0.2, 0) is 14.6 Å². The van der Waals surface area contributed by atoms with Gasteiger partial charge in [-0.1, -0.05) is 15.9 Å². The van der Waals surface area contributed by atoms with Crippen molar-refractivity contribution in [3.8, 4) is 0 Å². The maximum absolute atomic E-state index is 12.4. The molecule has 1 aliphatic heterocycles. The Kier molecular flexibility index (Phi) is 8.06. The molecule has 0 saturated carbocycles. The van der Waals surface area contributed by atoms with Gasteiger partial charge in [-0.25, -0.2) is 8.42 Å². The van der Waals surface area contributed by atoms with E-state index in [1.165, 1.54) is 0 Å². The molecule has 1 saturated heterocycles. The number of amides is 1. The van der Waals surface area contributed by atoms with Crippen molar-refractivity contribution in [1.29, 1.82) is 0 Å². The minimum atomic E-state index is -3.26. The lowest BCUT2D eigenvalue weighted by atomic mass is 10.3. The topological polar surface area (TPSA) is 60.9 Å². The van der Waals surface area contributed by atoms with Crippen molar-refractivity contribution in [2.45, 2.75) is 18.7 Å². The Labute approximate surface area is 165 Å². The molecule has 26 heavy (non-hydrogen) atoms. The fourth-order valence-corrected chi connectivity index (χ4v) is 4.60. The van der Waals surface area contributed by atoms with Crippen LogP contribution in [0, 0.1) is 0 Å². The average molecular weight is 446 g/mol. The molecule has 1 heterocycles. The van der Waals surface area contributed by atoms with Crippen LogP contribution in [0.4, 0.5) is 0 Å². The fraction of sp³-hybridized carbons (Fsp3) is 0.611. The third-order valence-electron chi connectivity index (χ3n) is 4.79. The van der Waals surface area contributed by atoms with E-state index in [-0.39, 0.29) is 11.7 Å². The van der Waals surface area contributed by atoms with Gasteiger partial charge in [0.2, 0.25) is 5.91 Å². The zero-order valence-electron chi connectivity index (χ0n) is 15.5. The number of carbonyl (C=O) groups excluding carboxylic acids is 1. The number of benzene rings is 1. The quantitative estimate of drug-likeness (QED) is 0.609. The Morgan fingerprint density at radius 1 is 1.04 bits per heavy atom. The first-order chi connectivity index (χ1) is 12.4. The van der Waals surface area contributed by atoms with Crippen molar-refractivity contribution in [2.75, 3.05) is 58.1 Å². The van der Waals surface area contributed by atoms with E-state index in [1.807, 2.05) is 18.7 Å². The molecule has 2 rings (SSSR count). The lowest BCUT2D eigenvalue weighted by Crippen LogP contribution is -2.50. The third kappa shape index (κ3) is 6.04. The Balaban J connectivity index is 1.78. The summed E-state index contributed by atoms with van der Waals surface area (Å²) >= 11 is 3.32. The molecule has 146 valence electrons. The second-order valence-corrected chi connectivity index (χ2v) is 9.48. The summed E-state index contributed by atoms with van der Waals surface area (Å²) in [6.07, 6.45) is 0. The summed E-state index contributed by atoms with van der Waals surface area (Å²) in [5.41, 5.74) is 0. The van der Waals surface area contributed by atoms with Gasteiger partial charge >= 0.3 is 0 Å². The van der Waals surface area contributed by atoms with Crippen LogP contribution >= 0.6 is 15.9 Å². The summed E-state index contributed by atoms with van der Waals surface area (Å²) in [4.78, 5) is 18.7. The monoisotopic (exact) mass is 445 g/mol. The van der Waals surface area contributed by atoms with Crippen LogP contribution in [0.25, 0.3) is 0 Å². The van der Waals surface area contributed by atoms with E-state index in [4.69, 9.17) is 0 Å². The molecule has 0 N–H and O–H groups in total. The summed E-state index contributed by atoms with van der Waals surface area (Å²) < 4.78 is 25.7. The third-order valence-corrected chi connectivity index (χ3v) is 7.03. The molecule has 1 aromatic carbocycles. The first kappa shape index (κ1) is 21.3. The van der Waals surface area contributed by atoms with E-state index in [0.29, 0.717) is 18.0 Å². The van der Waals surface area contributed by atoms with Gasteiger partial charge in [-0.2, -0.15) is 0 Å². The van der Waals surface area contributed by atoms with Crippen molar-refractivity contribution in [3.63, 3.8) is 0 Å². The molecule has 8 heteroatoms. The van der Waals surface area contributed by atoms with Crippen LogP contribution in [0.5, 0.6) is 0 Å². The smallest absolute Gasteiger partial charge is 0.236 e. The van der Waals surface area contributed by atoms with Crippen molar-refractivity contribution in [1.82, 2.24) is 14.7 Å². The predicted octanol–water partition coefficient (Wildman–Crippen LogP) is 1.71. The molecule has 1 amide bonds. The summed E-state index contributed by atoms with van der Waals surface area (Å²) in [5.74, 6) is 0.286. The first-order valence-electron chi connectivity index (χ1n) is 9.06. The number of hydrogen-bond acceptors (Lipinski definition) is 5. The van der Waals surface area contributed by atoms with Crippen LogP contribution in [-0.4, -0.2) is 87.1 Å². The van der Waals surface area contributed by atoms with Gasteiger partial charge in [0, 0.05) is 50.3 Å². The zero-order valence-corrected chi connectivity index (χ0v) is 17.9. The van der Waals surface area contributed by atoms with Crippen molar-refractivity contribution in [2.24, 2.45) is 0 Å². The molecular formula is C18H28BrN3O3S. The van der Waals surface area contributed by atoms with Gasteiger partial charge in [-0.05, 0) is 38.1 Å². The molecule has 0 aromatic heterocycles. The summed E-state index contributed by atoms with van der Waals surface area (Å²) in [6.45, 7) is 9.62. The number of halogens is 1. The highest BCUT2D eigenvalue weighted by Gasteiger charge is 2.22. The molecule has 0 bridgehead atoms. The number of likely N-dealkylation sites (N-methyl/N-ethyl adjacent to an activating group) is 1. The van der Waals surface area contributed by atoms with Gasteiger partial charge in [0.15, 0.2) is 9.84 Å². The van der Waals surface area contributed by atoms with Crippen LogP contribution in [0.15, 0.2) is 33.6 Å². The molecular weight excluding hydrogens is 418 g/mol. The molecule has 0 radical (unpaired) electrons. The standard InChI is InChI=1S/C18H28BrN3O3S/c1-3-22(4-2)18(23)15-21-11-9-20(10-12-21)13-14-26(24,25)17-7-5-16(19)6-8-17/h5-8H,3-4,9-15H2,1-2H3.